The molecule has 0 atom stereocenters. The van der Waals surface area contributed by atoms with Gasteiger partial charge in [0.1, 0.15) is 5.75 Å². The Labute approximate surface area is 151 Å². The largest absolute Gasteiger partial charge is 0.476 e. The molecule has 2 rings (SSSR count). The first-order valence-electron chi connectivity index (χ1n) is 7.75. The van der Waals surface area contributed by atoms with E-state index in [1.807, 2.05) is 25.1 Å². The number of anilines is 1. The molecule has 0 aromatic heterocycles. The number of aryl methyl sites for hydroxylation is 1. The Morgan fingerprint density at radius 2 is 1.72 bits per heavy atom. The second-order valence-electron chi connectivity index (χ2n) is 6.01. The molecule has 0 bridgehead atoms. The number of hydrogen-bond acceptors (Lipinski definition) is 4. The minimum Gasteiger partial charge on any atom is -0.476 e. The van der Waals surface area contributed by atoms with Crippen LogP contribution in [0.4, 0.5) is 5.69 Å². The fourth-order valence-corrected chi connectivity index (χ4v) is 2.17. The second kappa shape index (κ2) is 8.03. The van der Waals surface area contributed by atoms with Crippen LogP contribution in [0.3, 0.4) is 0 Å². The molecule has 0 aliphatic carbocycles. The van der Waals surface area contributed by atoms with E-state index in [2.05, 4.69) is 5.32 Å². The van der Waals surface area contributed by atoms with Crippen LogP contribution in [0.25, 0.3) is 0 Å². The molecule has 1 N–H and O–H groups in total. The zero-order chi connectivity index (χ0) is 18.4. The van der Waals surface area contributed by atoms with Crippen molar-refractivity contribution in [3.05, 3.63) is 59.1 Å². The molecule has 0 saturated carbocycles. The van der Waals surface area contributed by atoms with E-state index in [0.29, 0.717) is 16.5 Å². The van der Waals surface area contributed by atoms with Gasteiger partial charge in [-0.1, -0.05) is 29.8 Å². The molecule has 0 aliphatic rings. The Balaban J connectivity index is 1.88. The third-order valence-corrected chi connectivity index (χ3v) is 3.68. The second-order valence-corrected chi connectivity index (χ2v) is 6.44. The van der Waals surface area contributed by atoms with Crippen LogP contribution < -0.4 is 10.1 Å². The summed E-state index contributed by atoms with van der Waals surface area (Å²) in [5, 5.41) is 3.27. The van der Waals surface area contributed by atoms with Gasteiger partial charge >= 0.3 is 5.97 Å². The van der Waals surface area contributed by atoms with Gasteiger partial charge in [0, 0.05) is 10.7 Å². The lowest BCUT2D eigenvalue weighted by atomic mass is 10.1. The van der Waals surface area contributed by atoms with Crippen molar-refractivity contribution in [2.45, 2.75) is 26.4 Å². The van der Waals surface area contributed by atoms with Gasteiger partial charge in [-0.3, -0.25) is 4.79 Å². The predicted octanol–water partition coefficient (Wildman–Crippen LogP) is 3.99. The summed E-state index contributed by atoms with van der Waals surface area (Å²) in [4.78, 5) is 24.2. The maximum Gasteiger partial charge on any atom is 0.350 e. The van der Waals surface area contributed by atoms with E-state index in [1.54, 1.807) is 44.2 Å². The number of ether oxygens (including phenoxy) is 2. The highest BCUT2D eigenvalue weighted by atomic mass is 35.5. The molecule has 6 heteroatoms. The quantitative estimate of drug-likeness (QED) is 0.790. The normalized spacial score (nSPS) is 10.9. The van der Waals surface area contributed by atoms with E-state index >= 15 is 0 Å². The van der Waals surface area contributed by atoms with E-state index in [1.165, 1.54) is 0 Å². The molecule has 2 aromatic rings. The molecule has 0 fully saturated rings. The standard InChI is InChI=1S/C19H20ClNO4/c1-13-6-4-5-7-16(13)21-17(22)12-24-18(23)19(2,3)25-15-10-8-14(20)9-11-15/h4-11H,12H2,1-3H3,(H,21,22). The van der Waals surface area contributed by atoms with Crippen molar-refractivity contribution in [3.63, 3.8) is 0 Å². The van der Waals surface area contributed by atoms with Crippen molar-refractivity contribution >= 4 is 29.2 Å². The number of amides is 1. The number of hydrogen-bond donors (Lipinski definition) is 1. The minimum absolute atomic E-state index is 0.388. The third-order valence-electron chi connectivity index (χ3n) is 3.43. The summed E-state index contributed by atoms with van der Waals surface area (Å²) >= 11 is 5.82. The summed E-state index contributed by atoms with van der Waals surface area (Å²) in [6.45, 7) is 4.64. The Kier molecular flexibility index (Phi) is 6.04. The van der Waals surface area contributed by atoms with E-state index in [0.717, 1.165) is 5.56 Å². The van der Waals surface area contributed by atoms with Gasteiger partial charge in [0.15, 0.2) is 12.2 Å². The zero-order valence-electron chi connectivity index (χ0n) is 14.3. The van der Waals surface area contributed by atoms with Gasteiger partial charge in [-0.15, -0.1) is 0 Å². The predicted molar refractivity (Wildman–Crippen MR) is 96.9 cm³/mol. The average molecular weight is 362 g/mol. The summed E-state index contributed by atoms with van der Waals surface area (Å²) in [5.74, 6) is -0.567. The molecule has 2 aromatic carbocycles. The molecule has 0 radical (unpaired) electrons. The molecule has 0 saturated heterocycles. The summed E-state index contributed by atoms with van der Waals surface area (Å²) in [6, 6.07) is 14.0. The number of para-hydroxylation sites is 1. The summed E-state index contributed by atoms with van der Waals surface area (Å²) in [6.07, 6.45) is 0. The Bertz CT molecular complexity index is 756. The zero-order valence-corrected chi connectivity index (χ0v) is 15.1. The highest BCUT2D eigenvalue weighted by molar-refractivity contribution is 6.30. The number of nitrogens with one attached hydrogen (secondary N) is 1. The topological polar surface area (TPSA) is 64.6 Å². The van der Waals surface area contributed by atoms with Crippen molar-refractivity contribution in [3.8, 4) is 5.75 Å². The first-order valence-corrected chi connectivity index (χ1v) is 8.13. The van der Waals surface area contributed by atoms with Crippen molar-refractivity contribution in [1.82, 2.24) is 0 Å². The number of carbonyl (C=O) groups excluding carboxylic acids is 2. The minimum atomic E-state index is -1.24. The van der Waals surface area contributed by atoms with Gasteiger partial charge in [-0.25, -0.2) is 4.79 Å². The van der Waals surface area contributed by atoms with Crippen LogP contribution in [-0.4, -0.2) is 24.1 Å². The first kappa shape index (κ1) is 18.8. The number of halogens is 1. The van der Waals surface area contributed by atoms with Gasteiger partial charge in [-0.05, 0) is 56.7 Å². The molecule has 25 heavy (non-hydrogen) atoms. The Morgan fingerprint density at radius 3 is 2.36 bits per heavy atom. The van der Waals surface area contributed by atoms with Crippen molar-refractivity contribution in [2.75, 3.05) is 11.9 Å². The molecule has 0 aliphatic heterocycles. The lowest BCUT2D eigenvalue weighted by Crippen LogP contribution is -2.41. The van der Waals surface area contributed by atoms with E-state index in [4.69, 9.17) is 21.1 Å². The van der Waals surface area contributed by atoms with Crippen LogP contribution in [0, 0.1) is 6.92 Å². The molecular formula is C19H20ClNO4. The summed E-state index contributed by atoms with van der Waals surface area (Å²) in [7, 11) is 0. The highest BCUT2D eigenvalue weighted by Crippen LogP contribution is 2.21. The number of carbonyl (C=O) groups is 2. The summed E-state index contributed by atoms with van der Waals surface area (Å²) in [5.41, 5.74) is 0.366. The first-order chi connectivity index (χ1) is 11.8. The monoisotopic (exact) mass is 361 g/mol. The van der Waals surface area contributed by atoms with Crippen LogP contribution in [0.5, 0.6) is 5.75 Å². The van der Waals surface area contributed by atoms with Crippen molar-refractivity contribution in [1.29, 1.82) is 0 Å². The lowest BCUT2D eigenvalue weighted by Gasteiger charge is -2.24. The Hall–Kier alpha value is -2.53. The fraction of sp³-hybridized carbons (Fsp3) is 0.263. The van der Waals surface area contributed by atoms with E-state index < -0.39 is 17.5 Å². The van der Waals surface area contributed by atoms with Gasteiger partial charge in [-0.2, -0.15) is 0 Å². The molecule has 132 valence electrons. The smallest absolute Gasteiger partial charge is 0.350 e. The van der Waals surface area contributed by atoms with Gasteiger partial charge in [0.2, 0.25) is 0 Å². The van der Waals surface area contributed by atoms with Crippen LogP contribution in [0.2, 0.25) is 5.02 Å². The number of rotatable bonds is 6. The molecular weight excluding hydrogens is 342 g/mol. The number of benzene rings is 2. The SMILES string of the molecule is Cc1ccccc1NC(=O)COC(=O)C(C)(C)Oc1ccc(Cl)cc1. The maximum atomic E-state index is 12.2. The maximum absolute atomic E-state index is 12.2. The average Bonchev–Trinajstić information content (AvgIpc) is 2.56. The highest BCUT2D eigenvalue weighted by Gasteiger charge is 2.32. The summed E-state index contributed by atoms with van der Waals surface area (Å²) < 4.78 is 10.7. The van der Waals surface area contributed by atoms with E-state index in [9.17, 15) is 9.59 Å². The number of esters is 1. The van der Waals surface area contributed by atoms with Crippen LogP contribution >= 0.6 is 11.6 Å². The van der Waals surface area contributed by atoms with Crippen LogP contribution in [0.15, 0.2) is 48.5 Å². The molecule has 1 amide bonds. The molecule has 0 spiro atoms. The van der Waals surface area contributed by atoms with E-state index in [-0.39, 0.29) is 6.61 Å². The van der Waals surface area contributed by atoms with Gasteiger partial charge in [0.25, 0.3) is 5.91 Å². The van der Waals surface area contributed by atoms with Crippen LogP contribution in [0.1, 0.15) is 19.4 Å². The molecule has 0 heterocycles. The van der Waals surface area contributed by atoms with Gasteiger partial charge < -0.3 is 14.8 Å². The third kappa shape index (κ3) is 5.50. The molecule has 5 nitrogen and oxygen atoms in total. The molecule has 0 unspecified atom stereocenters. The van der Waals surface area contributed by atoms with Crippen molar-refractivity contribution < 1.29 is 19.1 Å². The van der Waals surface area contributed by atoms with Crippen molar-refractivity contribution in [2.24, 2.45) is 0 Å². The fourth-order valence-electron chi connectivity index (χ4n) is 2.04. The Morgan fingerprint density at radius 1 is 1.08 bits per heavy atom. The van der Waals surface area contributed by atoms with Crippen LogP contribution in [-0.2, 0) is 14.3 Å². The lowest BCUT2D eigenvalue weighted by molar-refractivity contribution is -0.161. The van der Waals surface area contributed by atoms with Gasteiger partial charge in [0.05, 0.1) is 0 Å².